The number of hydrogen-bond acceptors (Lipinski definition) is 3. The second-order valence-corrected chi connectivity index (χ2v) is 5.42. The summed E-state index contributed by atoms with van der Waals surface area (Å²) in [5.41, 5.74) is 2.14. The number of aryl methyl sites for hydroxylation is 1. The lowest BCUT2D eigenvalue weighted by Gasteiger charge is -2.28. The van der Waals surface area contributed by atoms with Gasteiger partial charge in [0.05, 0.1) is 18.4 Å². The molecule has 0 heterocycles. The second kappa shape index (κ2) is 6.10. The van der Waals surface area contributed by atoms with Gasteiger partial charge in [-0.05, 0) is 51.8 Å². The predicted molar refractivity (Wildman–Crippen MR) is 76.5 cm³/mol. The highest BCUT2D eigenvalue weighted by atomic mass is 16.5. The van der Waals surface area contributed by atoms with Crippen LogP contribution in [0.25, 0.3) is 0 Å². The molecule has 0 aliphatic carbocycles. The third kappa shape index (κ3) is 4.22. The van der Waals surface area contributed by atoms with Crippen LogP contribution < -0.4 is 10.1 Å². The van der Waals surface area contributed by atoms with Gasteiger partial charge in [-0.25, -0.2) is 0 Å². The number of ether oxygens (including phenoxy) is 2. The smallest absolute Gasteiger partial charge is 0.141 e. The third-order valence-electron chi connectivity index (χ3n) is 3.11. The molecule has 18 heavy (non-hydrogen) atoms. The fourth-order valence-electron chi connectivity index (χ4n) is 2.07. The highest BCUT2D eigenvalue weighted by molar-refractivity contribution is 5.58. The Morgan fingerprint density at radius 3 is 2.50 bits per heavy atom. The van der Waals surface area contributed by atoms with Gasteiger partial charge in [-0.3, -0.25) is 0 Å². The van der Waals surface area contributed by atoms with Crippen molar-refractivity contribution in [3.05, 3.63) is 23.8 Å². The van der Waals surface area contributed by atoms with Crippen molar-refractivity contribution in [2.45, 2.75) is 45.8 Å². The summed E-state index contributed by atoms with van der Waals surface area (Å²) < 4.78 is 10.8. The molecular weight excluding hydrogens is 226 g/mol. The summed E-state index contributed by atoms with van der Waals surface area (Å²) in [6, 6.07) is 6.46. The molecule has 0 amide bonds. The van der Waals surface area contributed by atoms with E-state index in [0.717, 1.165) is 17.9 Å². The van der Waals surface area contributed by atoms with Crippen molar-refractivity contribution in [1.29, 1.82) is 0 Å². The van der Waals surface area contributed by atoms with E-state index in [4.69, 9.17) is 9.47 Å². The van der Waals surface area contributed by atoms with Crippen molar-refractivity contribution in [3.63, 3.8) is 0 Å². The van der Waals surface area contributed by atoms with Crippen LogP contribution in [0.2, 0.25) is 0 Å². The number of methoxy groups -OCH3 is 2. The average Bonchev–Trinajstić information content (AvgIpc) is 2.28. The average molecular weight is 251 g/mol. The number of anilines is 1. The number of hydrogen-bond donors (Lipinski definition) is 1. The summed E-state index contributed by atoms with van der Waals surface area (Å²) in [5.74, 6) is 0.877. The summed E-state index contributed by atoms with van der Waals surface area (Å²) in [6.07, 6.45) is 0.931. The molecule has 0 aliphatic rings. The normalized spacial score (nSPS) is 13.2. The van der Waals surface area contributed by atoms with E-state index in [2.05, 4.69) is 39.1 Å². The van der Waals surface area contributed by atoms with Gasteiger partial charge in [0.1, 0.15) is 5.75 Å². The first kappa shape index (κ1) is 14.8. The largest absolute Gasteiger partial charge is 0.495 e. The monoisotopic (exact) mass is 251 g/mol. The first-order chi connectivity index (χ1) is 8.38. The van der Waals surface area contributed by atoms with Crippen molar-refractivity contribution in [3.8, 4) is 5.75 Å². The van der Waals surface area contributed by atoms with Crippen LogP contribution >= 0.6 is 0 Å². The molecule has 1 rings (SSSR count). The number of benzene rings is 1. The standard InChI is InChI=1S/C15H25NO2/c1-11-7-8-14(17-5)13(9-11)16-12(2)10-15(3,4)18-6/h7-9,12,16H,10H2,1-6H3. The minimum atomic E-state index is -0.122. The summed E-state index contributed by atoms with van der Waals surface area (Å²) in [5, 5.41) is 3.49. The molecule has 0 spiro atoms. The number of rotatable bonds is 6. The van der Waals surface area contributed by atoms with Crippen LogP contribution in [-0.2, 0) is 4.74 Å². The molecule has 1 N–H and O–H groups in total. The maximum Gasteiger partial charge on any atom is 0.141 e. The highest BCUT2D eigenvalue weighted by Gasteiger charge is 2.20. The van der Waals surface area contributed by atoms with Crippen LogP contribution in [0.1, 0.15) is 32.8 Å². The Balaban J connectivity index is 2.75. The van der Waals surface area contributed by atoms with Crippen molar-refractivity contribution in [2.75, 3.05) is 19.5 Å². The molecule has 1 unspecified atom stereocenters. The van der Waals surface area contributed by atoms with Crippen molar-refractivity contribution in [1.82, 2.24) is 0 Å². The van der Waals surface area contributed by atoms with Crippen LogP contribution in [0.4, 0.5) is 5.69 Å². The van der Waals surface area contributed by atoms with E-state index >= 15 is 0 Å². The molecule has 0 bridgehead atoms. The van der Waals surface area contributed by atoms with E-state index in [9.17, 15) is 0 Å². The Morgan fingerprint density at radius 1 is 1.28 bits per heavy atom. The zero-order valence-electron chi connectivity index (χ0n) is 12.3. The van der Waals surface area contributed by atoms with Gasteiger partial charge in [0.2, 0.25) is 0 Å². The van der Waals surface area contributed by atoms with E-state index in [1.54, 1.807) is 14.2 Å². The fourth-order valence-corrected chi connectivity index (χ4v) is 2.07. The Morgan fingerprint density at radius 2 is 1.94 bits per heavy atom. The SMILES string of the molecule is COc1ccc(C)cc1NC(C)CC(C)(C)OC. The van der Waals surface area contributed by atoms with Gasteiger partial charge in [-0.1, -0.05) is 6.07 Å². The predicted octanol–water partition coefficient (Wildman–Crippen LogP) is 3.62. The topological polar surface area (TPSA) is 30.5 Å². The molecule has 0 radical (unpaired) electrons. The molecule has 0 saturated carbocycles. The molecule has 0 saturated heterocycles. The summed E-state index contributed by atoms with van der Waals surface area (Å²) >= 11 is 0. The quantitative estimate of drug-likeness (QED) is 0.837. The Labute approximate surface area is 110 Å². The molecule has 0 aliphatic heterocycles. The van der Waals surface area contributed by atoms with Gasteiger partial charge in [0, 0.05) is 13.2 Å². The van der Waals surface area contributed by atoms with Crippen LogP contribution in [0.3, 0.4) is 0 Å². The second-order valence-electron chi connectivity index (χ2n) is 5.42. The molecule has 1 aromatic carbocycles. The van der Waals surface area contributed by atoms with E-state index < -0.39 is 0 Å². The van der Waals surface area contributed by atoms with E-state index in [1.165, 1.54) is 5.56 Å². The first-order valence-corrected chi connectivity index (χ1v) is 6.34. The lowest BCUT2D eigenvalue weighted by Crippen LogP contribution is -2.31. The maximum absolute atomic E-state index is 5.46. The van der Waals surface area contributed by atoms with E-state index in [-0.39, 0.29) is 5.60 Å². The Hall–Kier alpha value is -1.22. The lowest BCUT2D eigenvalue weighted by molar-refractivity contribution is 0.0128. The van der Waals surface area contributed by atoms with Crippen LogP contribution in [0.5, 0.6) is 5.75 Å². The molecule has 0 fully saturated rings. The van der Waals surface area contributed by atoms with Gasteiger partial charge in [0.25, 0.3) is 0 Å². The fraction of sp³-hybridized carbons (Fsp3) is 0.600. The van der Waals surface area contributed by atoms with Crippen LogP contribution in [0.15, 0.2) is 18.2 Å². The molecular formula is C15H25NO2. The molecule has 3 nitrogen and oxygen atoms in total. The minimum absolute atomic E-state index is 0.122. The summed E-state index contributed by atoms with van der Waals surface area (Å²) in [6.45, 7) is 8.42. The molecule has 102 valence electrons. The van der Waals surface area contributed by atoms with Gasteiger partial charge < -0.3 is 14.8 Å². The van der Waals surface area contributed by atoms with Crippen LogP contribution in [-0.4, -0.2) is 25.9 Å². The van der Waals surface area contributed by atoms with Crippen molar-refractivity contribution >= 4 is 5.69 Å². The zero-order valence-corrected chi connectivity index (χ0v) is 12.3. The van der Waals surface area contributed by atoms with Gasteiger partial charge in [0.15, 0.2) is 0 Å². The third-order valence-corrected chi connectivity index (χ3v) is 3.11. The zero-order chi connectivity index (χ0) is 13.8. The van der Waals surface area contributed by atoms with Crippen molar-refractivity contribution < 1.29 is 9.47 Å². The maximum atomic E-state index is 5.46. The highest BCUT2D eigenvalue weighted by Crippen LogP contribution is 2.27. The van der Waals surface area contributed by atoms with E-state index in [0.29, 0.717) is 6.04 Å². The van der Waals surface area contributed by atoms with Gasteiger partial charge >= 0.3 is 0 Å². The minimum Gasteiger partial charge on any atom is -0.495 e. The molecule has 0 aromatic heterocycles. The van der Waals surface area contributed by atoms with Crippen LogP contribution in [0, 0.1) is 6.92 Å². The lowest BCUT2D eigenvalue weighted by atomic mass is 9.99. The first-order valence-electron chi connectivity index (χ1n) is 6.34. The molecule has 1 atom stereocenters. The Bertz CT molecular complexity index is 388. The number of nitrogens with one attached hydrogen (secondary N) is 1. The van der Waals surface area contributed by atoms with Gasteiger partial charge in [-0.15, -0.1) is 0 Å². The summed E-state index contributed by atoms with van der Waals surface area (Å²) in [4.78, 5) is 0. The van der Waals surface area contributed by atoms with Crippen molar-refractivity contribution in [2.24, 2.45) is 0 Å². The summed E-state index contributed by atoms with van der Waals surface area (Å²) in [7, 11) is 3.44. The van der Waals surface area contributed by atoms with E-state index in [1.807, 2.05) is 12.1 Å². The molecule has 1 aromatic rings. The molecule has 3 heteroatoms. The van der Waals surface area contributed by atoms with Gasteiger partial charge in [-0.2, -0.15) is 0 Å². The Kier molecular flexibility index (Phi) is 5.03.